The molecule has 2 aromatic heterocycles. The van der Waals surface area contributed by atoms with E-state index >= 15 is 0 Å². The Morgan fingerprint density at radius 1 is 1.15 bits per heavy atom. The van der Waals surface area contributed by atoms with Gasteiger partial charge in [0, 0.05) is 31.5 Å². The van der Waals surface area contributed by atoms with Gasteiger partial charge >= 0.3 is 0 Å². The summed E-state index contributed by atoms with van der Waals surface area (Å²) < 4.78 is 0. The van der Waals surface area contributed by atoms with Crippen LogP contribution >= 0.6 is 0 Å². The van der Waals surface area contributed by atoms with Crippen molar-refractivity contribution in [3.05, 3.63) is 60.0 Å². The molecule has 0 radical (unpaired) electrons. The second kappa shape index (κ2) is 7.07. The predicted molar refractivity (Wildman–Crippen MR) is 101 cm³/mol. The van der Waals surface area contributed by atoms with Crippen molar-refractivity contribution in [2.45, 2.75) is 25.8 Å². The first-order chi connectivity index (χ1) is 12.7. The molecule has 1 aliphatic rings. The summed E-state index contributed by atoms with van der Waals surface area (Å²) in [6, 6.07) is 11.6. The van der Waals surface area contributed by atoms with Gasteiger partial charge in [0.1, 0.15) is 0 Å². The van der Waals surface area contributed by atoms with E-state index < -0.39 is 0 Å². The Labute approximate surface area is 152 Å². The standard InChI is InChI=1S/C20H21N5O/c1-14-19(24-18-9-3-2-8-17(18)22-14)25-11-5-7-16(13-25)23-20(26)15-6-4-10-21-12-15/h2-4,6,8-10,12,16H,5,7,11,13H2,1H3,(H,23,26). The number of anilines is 1. The molecule has 1 saturated heterocycles. The Kier molecular flexibility index (Phi) is 4.48. The molecule has 1 amide bonds. The summed E-state index contributed by atoms with van der Waals surface area (Å²) in [7, 11) is 0. The summed E-state index contributed by atoms with van der Waals surface area (Å²) in [5, 5.41) is 3.12. The van der Waals surface area contributed by atoms with Gasteiger partial charge in [0.15, 0.2) is 5.82 Å². The van der Waals surface area contributed by atoms with Crippen LogP contribution in [0.3, 0.4) is 0 Å². The highest BCUT2D eigenvalue weighted by atomic mass is 16.1. The van der Waals surface area contributed by atoms with E-state index in [9.17, 15) is 4.79 Å². The second-order valence-corrected chi connectivity index (χ2v) is 6.62. The van der Waals surface area contributed by atoms with Crippen molar-refractivity contribution in [3.8, 4) is 0 Å². The number of rotatable bonds is 3. The Morgan fingerprint density at radius 2 is 1.96 bits per heavy atom. The lowest BCUT2D eigenvalue weighted by atomic mass is 10.0. The highest BCUT2D eigenvalue weighted by Crippen LogP contribution is 2.23. The molecule has 6 nitrogen and oxygen atoms in total. The van der Waals surface area contributed by atoms with Crippen molar-refractivity contribution in [1.82, 2.24) is 20.3 Å². The van der Waals surface area contributed by atoms with Crippen LogP contribution in [0.1, 0.15) is 28.9 Å². The molecule has 0 bridgehead atoms. The smallest absolute Gasteiger partial charge is 0.253 e. The first-order valence-corrected chi connectivity index (χ1v) is 8.90. The molecule has 1 atom stereocenters. The number of nitrogens with one attached hydrogen (secondary N) is 1. The number of fused-ring (bicyclic) bond motifs is 1. The zero-order valence-corrected chi connectivity index (χ0v) is 14.7. The Bertz CT molecular complexity index is 928. The number of hydrogen-bond donors (Lipinski definition) is 1. The fourth-order valence-electron chi connectivity index (χ4n) is 3.43. The molecular weight excluding hydrogens is 326 g/mol. The topological polar surface area (TPSA) is 71.0 Å². The molecule has 4 rings (SSSR count). The van der Waals surface area contributed by atoms with Crippen molar-refractivity contribution < 1.29 is 4.79 Å². The molecule has 3 heterocycles. The molecule has 3 aromatic rings. The average Bonchev–Trinajstić information content (AvgIpc) is 2.68. The Hall–Kier alpha value is -3.02. The van der Waals surface area contributed by atoms with E-state index in [-0.39, 0.29) is 11.9 Å². The summed E-state index contributed by atoms with van der Waals surface area (Å²) in [5.74, 6) is 0.829. The first-order valence-electron chi connectivity index (χ1n) is 8.90. The average molecular weight is 347 g/mol. The zero-order valence-electron chi connectivity index (χ0n) is 14.7. The summed E-state index contributed by atoms with van der Waals surface area (Å²) in [6.07, 6.45) is 5.23. The maximum atomic E-state index is 12.4. The van der Waals surface area contributed by atoms with Crippen molar-refractivity contribution in [1.29, 1.82) is 0 Å². The van der Waals surface area contributed by atoms with Crippen LogP contribution in [-0.4, -0.2) is 40.0 Å². The van der Waals surface area contributed by atoms with Gasteiger partial charge in [0.25, 0.3) is 5.91 Å². The third-order valence-electron chi connectivity index (χ3n) is 4.70. The van der Waals surface area contributed by atoms with Gasteiger partial charge in [0.05, 0.1) is 22.3 Å². The fourth-order valence-corrected chi connectivity index (χ4v) is 3.43. The number of aryl methyl sites for hydroxylation is 1. The van der Waals surface area contributed by atoms with Crippen LogP contribution in [0, 0.1) is 6.92 Å². The van der Waals surface area contributed by atoms with E-state index in [0.29, 0.717) is 5.56 Å². The number of carbonyl (C=O) groups is 1. The number of piperidine rings is 1. The molecule has 0 spiro atoms. The fraction of sp³-hybridized carbons (Fsp3) is 0.300. The van der Waals surface area contributed by atoms with Gasteiger partial charge < -0.3 is 10.2 Å². The highest BCUT2D eigenvalue weighted by molar-refractivity contribution is 5.94. The molecular formula is C20H21N5O. The van der Waals surface area contributed by atoms with Crippen LogP contribution in [-0.2, 0) is 0 Å². The molecule has 26 heavy (non-hydrogen) atoms. The predicted octanol–water partition coefficient (Wildman–Crippen LogP) is 2.73. The number of hydrogen-bond acceptors (Lipinski definition) is 5. The molecule has 132 valence electrons. The van der Waals surface area contributed by atoms with Crippen LogP contribution in [0.2, 0.25) is 0 Å². The van der Waals surface area contributed by atoms with E-state index in [1.165, 1.54) is 0 Å². The van der Waals surface area contributed by atoms with Crippen molar-refractivity contribution in [2.24, 2.45) is 0 Å². The molecule has 1 N–H and O–H groups in total. The quantitative estimate of drug-likeness (QED) is 0.789. The number of carbonyl (C=O) groups excluding carboxylic acids is 1. The number of amides is 1. The molecule has 1 aliphatic heterocycles. The van der Waals surface area contributed by atoms with E-state index in [4.69, 9.17) is 4.98 Å². The monoisotopic (exact) mass is 347 g/mol. The number of nitrogens with zero attached hydrogens (tertiary/aromatic N) is 4. The normalized spacial score (nSPS) is 17.3. The lowest BCUT2D eigenvalue weighted by molar-refractivity contribution is 0.0932. The van der Waals surface area contributed by atoms with E-state index in [0.717, 1.165) is 48.5 Å². The van der Waals surface area contributed by atoms with Gasteiger partial charge in [0.2, 0.25) is 0 Å². The van der Waals surface area contributed by atoms with Gasteiger partial charge in [-0.2, -0.15) is 0 Å². The van der Waals surface area contributed by atoms with Crippen LogP contribution in [0.15, 0.2) is 48.8 Å². The van der Waals surface area contributed by atoms with Gasteiger partial charge in [-0.15, -0.1) is 0 Å². The molecule has 0 saturated carbocycles. The van der Waals surface area contributed by atoms with Gasteiger partial charge in [-0.25, -0.2) is 9.97 Å². The maximum Gasteiger partial charge on any atom is 0.253 e. The minimum atomic E-state index is -0.0775. The Balaban J connectivity index is 1.52. The summed E-state index contributed by atoms with van der Waals surface area (Å²) in [4.78, 5) is 28.1. The Morgan fingerprint density at radius 3 is 2.73 bits per heavy atom. The van der Waals surface area contributed by atoms with Crippen molar-refractivity contribution >= 4 is 22.8 Å². The molecule has 6 heteroatoms. The van der Waals surface area contributed by atoms with Crippen molar-refractivity contribution in [2.75, 3.05) is 18.0 Å². The summed E-state index contributed by atoms with van der Waals surface area (Å²) in [6.45, 7) is 3.65. The zero-order chi connectivity index (χ0) is 17.9. The lowest BCUT2D eigenvalue weighted by Crippen LogP contribution is -2.48. The molecule has 1 aromatic carbocycles. The molecule has 0 aliphatic carbocycles. The van der Waals surface area contributed by atoms with E-state index in [1.807, 2.05) is 31.2 Å². The number of pyridine rings is 1. The summed E-state index contributed by atoms with van der Waals surface area (Å²) >= 11 is 0. The third kappa shape index (κ3) is 3.35. The number of aromatic nitrogens is 3. The minimum absolute atomic E-state index is 0.0775. The number of benzene rings is 1. The molecule has 1 unspecified atom stereocenters. The van der Waals surface area contributed by atoms with Crippen LogP contribution in [0.4, 0.5) is 5.82 Å². The van der Waals surface area contributed by atoms with E-state index in [2.05, 4.69) is 20.2 Å². The second-order valence-electron chi connectivity index (χ2n) is 6.62. The summed E-state index contributed by atoms with van der Waals surface area (Å²) in [5.41, 5.74) is 3.32. The maximum absolute atomic E-state index is 12.4. The minimum Gasteiger partial charge on any atom is -0.353 e. The van der Waals surface area contributed by atoms with Crippen LogP contribution in [0.25, 0.3) is 11.0 Å². The molecule has 1 fully saturated rings. The number of para-hydroxylation sites is 2. The van der Waals surface area contributed by atoms with Gasteiger partial charge in [-0.1, -0.05) is 12.1 Å². The van der Waals surface area contributed by atoms with Gasteiger partial charge in [-0.3, -0.25) is 9.78 Å². The SMILES string of the molecule is Cc1nc2ccccc2nc1N1CCCC(NC(=O)c2cccnc2)C1. The highest BCUT2D eigenvalue weighted by Gasteiger charge is 2.24. The first kappa shape index (κ1) is 16.4. The largest absolute Gasteiger partial charge is 0.353 e. The van der Waals surface area contributed by atoms with Crippen LogP contribution < -0.4 is 10.2 Å². The van der Waals surface area contributed by atoms with E-state index in [1.54, 1.807) is 24.5 Å². The lowest BCUT2D eigenvalue weighted by Gasteiger charge is -2.34. The third-order valence-corrected chi connectivity index (χ3v) is 4.70. The van der Waals surface area contributed by atoms with Crippen LogP contribution in [0.5, 0.6) is 0 Å². The van der Waals surface area contributed by atoms with Gasteiger partial charge in [-0.05, 0) is 44.0 Å². The van der Waals surface area contributed by atoms with Crippen molar-refractivity contribution in [3.63, 3.8) is 0 Å².